The van der Waals surface area contributed by atoms with Crippen LogP contribution in [0.25, 0.3) is 10.9 Å². The first-order chi connectivity index (χ1) is 7.93. The van der Waals surface area contributed by atoms with Crippen molar-refractivity contribution in [3.8, 4) is 0 Å². The highest BCUT2D eigenvalue weighted by Gasteiger charge is 2.37. The number of nitrogens with zero attached hydrogens (tertiary/aromatic N) is 2. The quantitative estimate of drug-likeness (QED) is 0.719. The van der Waals surface area contributed by atoms with E-state index in [2.05, 4.69) is 40.5 Å². The Morgan fingerprint density at radius 1 is 1.31 bits per heavy atom. The van der Waals surface area contributed by atoms with Crippen molar-refractivity contribution in [3.05, 3.63) is 35.9 Å². The maximum absolute atomic E-state index is 4.74. The van der Waals surface area contributed by atoms with Gasteiger partial charge in [0.15, 0.2) is 0 Å². The molecule has 1 aromatic heterocycles. The number of fused-ring (bicyclic) bond motifs is 5. The highest BCUT2D eigenvalue weighted by Crippen LogP contribution is 2.43. The zero-order valence-corrected chi connectivity index (χ0v) is 8.98. The molecule has 1 unspecified atom stereocenters. The molecular formula is C13H13N3. The molecule has 2 aliphatic heterocycles. The lowest BCUT2D eigenvalue weighted by Gasteiger charge is -2.46. The van der Waals surface area contributed by atoms with Crippen LogP contribution in [-0.4, -0.2) is 24.6 Å². The standard InChI is InChI=1S/C13H13N3/c1-2-4-11-9(3-1)7-10-12-8-14-5-6-16(12)13(10)15-11/h1-4,7,12,14H,5-6,8H2. The Morgan fingerprint density at radius 2 is 2.25 bits per heavy atom. The molecule has 1 saturated heterocycles. The van der Waals surface area contributed by atoms with E-state index in [1.807, 2.05) is 0 Å². The Kier molecular flexibility index (Phi) is 1.57. The SMILES string of the molecule is c1ccc2nc3c(cc2c1)C1CNCCN31. The number of benzene rings is 1. The van der Waals surface area contributed by atoms with Crippen LogP contribution in [0.1, 0.15) is 11.6 Å². The summed E-state index contributed by atoms with van der Waals surface area (Å²) < 4.78 is 0. The molecule has 3 nitrogen and oxygen atoms in total. The lowest BCUT2D eigenvalue weighted by atomic mass is 9.93. The van der Waals surface area contributed by atoms with Crippen LogP contribution in [0.3, 0.4) is 0 Å². The normalized spacial score (nSPS) is 22.5. The second-order valence-corrected chi connectivity index (χ2v) is 4.51. The van der Waals surface area contributed by atoms with Crippen LogP contribution in [0.15, 0.2) is 30.3 Å². The fraction of sp³-hybridized carbons (Fsp3) is 0.308. The van der Waals surface area contributed by atoms with Crippen LogP contribution >= 0.6 is 0 Å². The van der Waals surface area contributed by atoms with Gasteiger partial charge in [-0.2, -0.15) is 0 Å². The Bertz CT molecular complexity index is 514. The largest absolute Gasteiger partial charge is 0.347 e. The Balaban J connectivity index is 1.92. The van der Waals surface area contributed by atoms with Crippen LogP contribution in [0.4, 0.5) is 5.82 Å². The van der Waals surface area contributed by atoms with Crippen LogP contribution in [0, 0.1) is 0 Å². The van der Waals surface area contributed by atoms with E-state index in [0.717, 1.165) is 25.2 Å². The van der Waals surface area contributed by atoms with Gasteiger partial charge in [-0.25, -0.2) is 4.98 Å². The fourth-order valence-corrected chi connectivity index (χ4v) is 2.77. The van der Waals surface area contributed by atoms with Crippen molar-refractivity contribution in [1.82, 2.24) is 10.3 Å². The van der Waals surface area contributed by atoms with Crippen molar-refractivity contribution in [3.63, 3.8) is 0 Å². The van der Waals surface area contributed by atoms with E-state index in [1.165, 1.54) is 16.8 Å². The Labute approximate surface area is 94.1 Å². The van der Waals surface area contributed by atoms with E-state index >= 15 is 0 Å². The van der Waals surface area contributed by atoms with Gasteiger partial charge in [0, 0.05) is 30.6 Å². The highest BCUT2D eigenvalue weighted by atomic mass is 15.3. The summed E-state index contributed by atoms with van der Waals surface area (Å²) >= 11 is 0. The molecule has 16 heavy (non-hydrogen) atoms. The molecule has 0 bridgehead atoms. The van der Waals surface area contributed by atoms with Crippen molar-refractivity contribution in [1.29, 1.82) is 0 Å². The molecule has 80 valence electrons. The number of pyridine rings is 1. The molecule has 0 aliphatic carbocycles. The molecule has 0 spiro atoms. The number of hydrogen-bond acceptors (Lipinski definition) is 3. The van der Waals surface area contributed by atoms with Crippen molar-refractivity contribution in [2.75, 3.05) is 24.5 Å². The minimum absolute atomic E-state index is 0.556. The molecule has 1 aromatic carbocycles. The molecule has 0 radical (unpaired) electrons. The van der Waals surface area contributed by atoms with Crippen molar-refractivity contribution in [2.45, 2.75) is 6.04 Å². The van der Waals surface area contributed by atoms with E-state index in [1.54, 1.807) is 0 Å². The summed E-state index contributed by atoms with van der Waals surface area (Å²) in [4.78, 5) is 7.16. The van der Waals surface area contributed by atoms with E-state index in [0.29, 0.717) is 6.04 Å². The number of aromatic nitrogens is 1. The summed E-state index contributed by atoms with van der Waals surface area (Å²) in [6.45, 7) is 3.22. The zero-order valence-electron chi connectivity index (χ0n) is 8.98. The first kappa shape index (κ1) is 8.53. The molecule has 2 aromatic rings. The lowest BCUT2D eigenvalue weighted by Crippen LogP contribution is -2.52. The predicted octanol–water partition coefficient (Wildman–Crippen LogP) is 1.70. The number of hydrogen-bond donors (Lipinski definition) is 1. The van der Waals surface area contributed by atoms with Gasteiger partial charge >= 0.3 is 0 Å². The summed E-state index contributed by atoms with van der Waals surface area (Å²) in [6, 6.07) is 11.2. The predicted molar refractivity (Wildman–Crippen MR) is 64.7 cm³/mol. The highest BCUT2D eigenvalue weighted by molar-refractivity contribution is 5.84. The van der Waals surface area contributed by atoms with Gasteiger partial charge in [0.1, 0.15) is 5.82 Å². The second-order valence-electron chi connectivity index (χ2n) is 4.51. The molecule has 1 N–H and O–H groups in total. The van der Waals surface area contributed by atoms with E-state index < -0.39 is 0 Å². The van der Waals surface area contributed by atoms with Crippen LogP contribution < -0.4 is 10.2 Å². The van der Waals surface area contributed by atoms with Gasteiger partial charge < -0.3 is 10.2 Å². The van der Waals surface area contributed by atoms with Crippen LogP contribution in [-0.2, 0) is 0 Å². The van der Waals surface area contributed by atoms with Gasteiger partial charge in [-0.3, -0.25) is 0 Å². The summed E-state index contributed by atoms with van der Waals surface area (Å²) in [5.41, 5.74) is 2.52. The van der Waals surface area contributed by atoms with E-state index in [9.17, 15) is 0 Å². The lowest BCUT2D eigenvalue weighted by molar-refractivity contribution is 0.450. The third kappa shape index (κ3) is 0.985. The molecule has 4 rings (SSSR count). The van der Waals surface area contributed by atoms with Crippen molar-refractivity contribution < 1.29 is 0 Å². The minimum Gasteiger partial charge on any atom is -0.347 e. The molecule has 3 heteroatoms. The summed E-state index contributed by atoms with van der Waals surface area (Å²) in [5, 5.41) is 4.69. The molecule has 3 heterocycles. The molecule has 2 aliphatic rings. The number of rotatable bonds is 0. The summed E-state index contributed by atoms with van der Waals surface area (Å²) in [5.74, 6) is 1.20. The van der Waals surface area contributed by atoms with Crippen LogP contribution in [0.5, 0.6) is 0 Å². The number of piperazine rings is 1. The third-order valence-electron chi connectivity index (χ3n) is 3.61. The second kappa shape index (κ2) is 2.95. The first-order valence-corrected chi connectivity index (χ1v) is 5.80. The fourth-order valence-electron chi connectivity index (χ4n) is 2.77. The maximum atomic E-state index is 4.74. The summed E-state index contributed by atoms with van der Waals surface area (Å²) in [7, 11) is 0. The average Bonchev–Trinajstić information content (AvgIpc) is 2.35. The van der Waals surface area contributed by atoms with E-state index in [4.69, 9.17) is 4.98 Å². The zero-order chi connectivity index (χ0) is 10.5. The molecule has 1 fully saturated rings. The topological polar surface area (TPSA) is 28.2 Å². The smallest absolute Gasteiger partial charge is 0.135 e. The van der Waals surface area contributed by atoms with Gasteiger partial charge in [0.05, 0.1) is 11.6 Å². The summed E-state index contributed by atoms with van der Waals surface area (Å²) in [6.07, 6.45) is 0. The Morgan fingerprint density at radius 3 is 3.25 bits per heavy atom. The number of nitrogens with one attached hydrogen (secondary N) is 1. The molecular weight excluding hydrogens is 198 g/mol. The average molecular weight is 211 g/mol. The van der Waals surface area contributed by atoms with Gasteiger partial charge in [-0.15, -0.1) is 0 Å². The number of anilines is 1. The molecule has 1 atom stereocenters. The van der Waals surface area contributed by atoms with Gasteiger partial charge in [0.25, 0.3) is 0 Å². The molecule has 0 amide bonds. The van der Waals surface area contributed by atoms with Crippen molar-refractivity contribution >= 4 is 16.7 Å². The Hall–Kier alpha value is -1.61. The maximum Gasteiger partial charge on any atom is 0.135 e. The minimum atomic E-state index is 0.556. The third-order valence-corrected chi connectivity index (χ3v) is 3.61. The van der Waals surface area contributed by atoms with Crippen molar-refractivity contribution in [2.24, 2.45) is 0 Å². The number of para-hydroxylation sites is 1. The monoisotopic (exact) mass is 211 g/mol. The van der Waals surface area contributed by atoms with Crippen LogP contribution in [0.2, 0.25) is 0 Å². The first-order valence-electron chi connectivity index (χ1n) is 5.80. The van der Waals surface area contributed by atoms with E-state index in [-0.39, 0.29) is 0 Å². The van der Waals surface area contributed by atoms with Gasteiger partial charge in [-0.1, -0.05) is 18.2 Å². The molecule has 0 saturated carbocycles. The van der Waals surface area contributed by atoms with Gasteiger partial charge in [0.2, 0.25) is 0 Å². The van der Waals surface area contributed by atoms with Gasteiger partial charge in [-0.05, 0) is 12.1 Å².